The fourth-order valence-corrected chi connectivity index (χ4v) is 3.39. The molecule has 0 unspecified atom stereocenters. The van der Waals surface area contributed by atoms with Crippen molar-refractivity contribution in [2.45, 2.75) is 57.1 Å². The molecule has 0 bridgehead atoms. The van der Waals surface area contributed by atoms with E-state index in [4.69, 9.17) is 5.73 Å². The van der Waals surface area contributed by atoms with Crippen molar-refractivity contribution in [2.24, 2.45) is 5.73 Å². The molecule has 1 heterocycles. The largest absolute Gasteiger partial charge is 0.393 e. The third kappa shape index (κ3) is 4.30. The van der Waals surface area contributed by atoms with Crippen molar-refractivity contribution < 1.29 is 14.3 Å². The van der Waals surface area contributed by atoms with E-state index in [1.54, 1.807) is 10.9 Å². The number of benzene rings is 1. The number of primary amides is 1. The second-order valence-electron chi connectivity index (χ2n) is 7.92. The number of nitrogens with two attached hydrogens (primary N) is 1. The molecule has 0 radical (unpaired) electrons. The summed E-state index contributed by atoms with van der Waals surface area (Å²) in [5, 5.41) is 17.3. The first-order valence-corrected chi connectivity index (χ1v) is 9.30. The monoisotopic (exact) mass is 374 g/mol. The summed E-state index contributed by atoms with van der Waals surface area (Å²) in [6.45, 7) is 3.26. The summed E-state index contributed by atoms with van der Waals surface area (Å²) >= 11 is 0. The Hall–Kier alpha value is -2.41. The summed E-state index contributed by atoms with van der Waals surface area (Å²) in [6.07, 6.45) is 4.50. The van der Waals surface area contributed by atoms with Crippen LogP contribution in [-0.2, 0) is 5.41 Å². The van der Waals surface area contributed by atoms with Crippen LogP contribution in [0.3, 0.4) is 0 Å². The van der Waals surface area contributed by atoms with Crippen molar-refractivity contribution in [1.82, 2.24) is 9.78 Å². The number of hydrogen-bond donors (Lipinski definition) is 3. The van der Waals surface area contributed by atoms with E-state index in [1.165, 1.54) is 0 Å². The highest BCUT2D eigenvalue weighted by atomic mass is 19.1. The number of halogens is 1. The lowest BCUT2D eigenvalue weighted by atomic mass is 9.86. The van der Waals surface area contributed by atoms with E-state index in [0.29, 0.717) is 11.4 Å². The molecule has 1 aliphatic rings. The van der Waals surface area contributed by atoms with Crippen molar-refractivity contribution >= 4 is 17.4 Å². The predicted octanol–water partition coefficient (Wildman–Crippen LogP) is 3.45. The van der Waals surface area contributed by atoms with Crippen LogP contribution in [0.25, 0.3) is 0 Å². The van der Waals surface area contributed by atoms with Crippen LogP contribution >= 0.6 is 0 Å². The Kier molecular flexibility index (Phi) is 5.51. The highest BCUT2D eigenvalue weighted by molar-refractivity contribution is 5.98. The maximum Gasteiger partial charge on any atom is 0.254 e. The zero-order valence-corrected chi connectivity index (χ0v) is 15.8. The number of anilines is 2. The van der Waals surface area contributed by atoms with E-state index in [0.717, 1.165) is 36.9 Å². The molecule has 4 N–H and O–H groups in total. The van der Waals surface area contributed by atoms with Crippen molar-refractivity contribution in [3.05, 3.63) is 41.6 Å². The minimum atomic E-state index is -0.547. The Morgan fingerprint density at radius 3 is 2.48 bits per heavy atom. The molecular weight excluding hydrogens is 347 g/mol. The molecular formula is C20H27FN4O2. The Labute approximate surface area is 158 Å². The molecule has 146 valence electrons. The minimum absolute atomic E-state index is 0.148. The number of rotatable bonds is 6. The van der Waals surface area contributed by atoms with Crippen LogP contribution < -0.4 is 11.1 Å². The van der Waals surface area contributed by atoms with Crippen molar-refractivity contribution in [2.75, 3.05) is 12.0 Å². The van der Waals surface area contributed by atoms with Gasteiger partial charge in [0.05, 0.1) is 18.8 Å². The second-order valence-corrected chi connectivity index (χ2v) is 7.92. The zero-order chi connectivity index (χ0) is 19.6. The number of alkyl halides is 1. The topological polar surface area (TPSA) is 93.2 Å². The summed E-state index contributed by atoms with van der Waals surface area (Å²) in [5.74, 6) is -0.138. The Balaban J connectivity index is 1.80. The first kappa shape index (κ1) is 19.4. The smallest absolute Gasteiger partial charge is 0.254 e. The Morgan fingerprint density at radius 2 is 1.93 bits per heavy atom. The number of nitrogens with zero attached hydrogens (tertiary/aromatic N) is 2. The van der Waals surface area contributed by atoms with Gasteiger partial charge in [0.25, 0.3) is 5.91 Å². The molecule has 0 aliphatic heterocycles. The lowest BCUT2D eigenvalue weighted by Crippen LogP contribution is -2.21. The molecule has 0 spiro atoms. The van der Waals surface area contributed by atoms with Crippen molar-refractivity contribution in [3.8, 4) is 0 Å². The number of amides is 1. The van der Waals surface area contributed by atoms with Crippen LogP contribution in [0.2, 0.25) is 0 Å². The number of nitrogens with one attached hydrogen (secondary N) is 1. The summed E-state index contributed by atoms with van der Waals surface area (Å²) in [4.78, 5) is 11.8. The minimum Gasteiger partial charge on any atom is -0.393 e. The number of aromatic nitrogens is 2. The first-order valence-electron chi connectivity index (χ1n) is 9.30. The van der Waals surface area contributed by atoms with Gasteiger partial charge in [-0.2, -0.15) is 5.10 Å². The summed E-state index contributed by atoms with van der Waals surface area (Å²) in [6, 6.07) is 7.56. The van der Waals surface area contributed by atoms with Crippen LogP contribution in [0, 0.1) is 0 Å². The van der Waals surface area contributed by atoms with Crippen LogP contribution in [0.4, 0.5) is 15.9 Å². The summed E-state index contributed by atoms with van der Waals surface area (Å²) < 4.78 is 14.9. The van der Waals surface area contributed by atoms with Gasteiger partial charge in [0, 0.05) is 17.3 Å². The number of aliphatic hydroxyl groups is 1. The van der Waals surface area contributed by atoms with Gasteiger partial charge in [0.2, 0.25) is 0 Å². The van der Waals surface area contributed by atoms with E-state index in [-0.39, 0.29) is 12.1 Å². The van der Waals surface area contributed by atoms with Gasteiger partial charge in [-0.25, -0.2) is 0 Å². The maximum absolute atomic E-state index is 13.2. The molecule has 7 heteroatoms. The molecule has 1 aromatic heterocycles. The molecule has 3 rings (SSSR count). The summed E-state index contributed by atoms with van der Waals surface area (Å²) in [7, 11) is 0. The average molecular weight is 374 g/mol. The van der Waals surface area contributed by atoms with Crippen molar-refractivity contribution in [3.63, 3.8) is 0 Å². The van der Waals surface area contributed by atoms with Crippen molar-refractivity contribution in [1.29, 1.82) is 0 Å². The predicted molar refractivity (Wildman–Crippen MR) is 103 cm³/mol. The Morgan fingerprint density at radius 1 is 1.30 bits per heavy atom. The average Bonchev–Trinajstić information content (AvgIpc) is 3.07. The Bertz CT molecular complexity index is 793. The normalized spacial score (nSPS) is 20.4. The van der Waals surface area contributed by atoms with E-state index < -0.39 is 18.0 Å². The number of aliphatic hydroxyl groups excluding tert-OH is 1. The highest BCUT2D eigenvalue weighted by Crippen LogP contribution is 2.31. The molecule has 1 aromatic carbocycles. The molecule has 1 saturated carbocycles. The molecule has 2 aromatic rings. The van der Waals surface area contributed by atoms with Gasteiger partial charge in [-0.3, -0.25) is 13.9 Å². The zero-order valence-electron chi connectivity index (χ0n) is 15.8. The van der Waals surface area contributed by atoms with Crippen LogP contribution in [0.5, 0.6) is 0 Å². The van der Waals surface area contributed by atoms with E-state index in [9.17, 15) is 14.3 Å². The van der Waals surface area contributed by atoms with E-state index in [1.807, 2.05) is 38.1 Å². The standard InChI is InChI=1S/C20H27FN4O2/c1-20(2,12-21)13-3-5-14(6-4-13)23-19-17(18(22)27)11-25(24-19)15-7-9-16(26)10-8-15/h3-6,11,15-16,26H,7-10,12H2,1-2H3,(H2,22,27)(H,23,24). The van der Waals surface area contributed by atoms with Gasteiger partial charge < -0.3 is 16.2 Å². The van der Waals surface area contributed by atoms with Gasteiger partial charge >= 0.3 is 0 Å². The fourth-order valence-electron chi connectivity index (χ4n) is 3.39. The third-order valence-electron chi connectivity index (χ3n) is 5.30. The quantitative estimate of drug-likeness (QED) is 0.722. The molecule has 1 aliphatic carbocycles. The van der Waals surface area contributed by atoms with Crippen LogP contribution in [0.1, 0.15) is 61.5 Å². The number of carbonyl (C=O) groups excluding carboxylic acids is 1. The molecule has 27 heavy (non-hydrogen) atoms. The SMILES string of the molecule is CC(C)(CF)c1ccc(Nc2nn(C3CCC(O)CC3)cc2C(N)=O)cc1. The van der Waals surface area contributed by atoms with Gasteiger partial charge in [0.15, 0.2) is 5.82 Å². The molecule has 1 amide bonds. The van der Waals surface area contributed by atoms with Gasteiger partial charge in [-0.05, 0) is 43.4 Å². The molecule has 1 fully saturated rings. The number of carbonyl (C=O) groups is 1. The highest BCUT2D eigenvalue weighted by Gasteiger charge is 2.24. The van der Waals surface area contributed by atoms with E-state index >= 15 is 0 Å². The maximum atomic E-state index is 13.2. The third-order valence-corrected chi connectivity index (χ3v) is 5.30. The lowest BCUT2D eigenvalue weighted by molar-refractivity contribution is 0.0998. The van der Waals surface area contributed by atoms with Crippen LogP contribution in [0.15, 0.2) is 30.5 Å². The van der Waals surface area contributed by atoms with Gasteiger partial charge in [-0.1, -0.05) is 26.0 Å². The van der Waals surface area contributed by atoms with E-state index in [2.05, 4.69) is 10.4 Å². The lowest BCUT2D eigenvalue weighted by Gasteiger charge is -2.25. The fraction of sp³-hybridized carbons (Fsp3) is 0.500. The molecule has 6 nitrogen and oxygen atoms in total. The molecule has 0 atom stereocenters. The van der Waals surface area contributed by atoms with Gasteiger partial charge in [-0.15, -0.1) is 0 Å². The number of hydrogen-bond acceptors (Lipinski definition) is 4. The van der Waals surface area contributed by atoms with Crippen LogP contribution in [-0.4, -0.2) is 33.6 Å². The summed E-state index contributed by atoms with van der Waals surface area (Å²) in [5.41, 5.74) is 6.96. The second kappa shape index (κ2) is 7.68. The molecule has 0 saturated heterocycles. The van der Waals surface area contributed by atoms with Gasteiger partial charge in [0.1, 0.15) is 5.56 Å². The first-order chi connectivity index (χ1) is 12.8.